The van der Waals surface area contributed by atoms with Crippen molar-refractivity contribution >= 4 is 22.9 Å². The van der Waals surface area contributed by atoms with E-state index in [2.05, 4.69) is 20.3 Å². The van der Waals surface area contributed by atoms with E-state index in [9.17, 15) is 9.59 Å². The molecule has 0 atom stereocenters. The van der Waals surface area contributed by atoms with Crippen LogP contribution in [0, 0.1) is 6.92 Å². The normalized spacial score (nSPS) is 10.3. The fourth-order valence-corrected chi connectivity index (χ4v) is 2.72. The Hall–Kier alpha value is -3.46. The molecular formula is C20H27N7O2. The molecule has 9 heteroatoms. The first kappa shape index (κ1) is 21.8. The van der Waals surface area contributed by atoms with E-state index in [-0.39, 0.29) is 24.0 Å². The second-order valence-electron chi connectivity index (χ2n) is 6.17. The number of aliphatic imine (C=N–C) groups is 1. The smallest absolute Gasteiger partial charge is 0.354 e. The Morgan fingerprint density at radius 3 is 2.59 bits per heavy atom. The van der Waals surface area contributed by atoms with Crippen molar-refractivity contribution in [3.63, 3.8) is 0 Å². The van der Waals surface area contributed by atoms with Gasteiger partial charge in [-0.2, -0.15) is 9.98 Å². The minimum atomic E-state index is -0.361. The van der Waals surface area contributed by atoms with Crippen LogP contribution in [0.15, 0.2) is 46.3 Å². The molecule has 0 aliphatic rings. The standard InChI is InChI=1S/C18H21N7O2.C2H6/c1-11-8-13-10-25(18(27)24-16(13)22-11)14-4-2-12(3-5-14)9-21-7-6-15(26)23-17(19)20;1-2/h2-5,8,10,21H,6-7,9H2,1H3,(H,22,24,27)(H4,19,20,23,26);1-2H3. The monoisotopic (exact) mass is 397 g/mol. The largest absolute Gasteiger partial charge is 0.370 e. The van der Waals surface area contributed by atoms with Crippen molar-refractivity contribution in [1.82, 2.24) is 19.9 Å². The number of nitrogens with zero attached hydrogens (tertiary/aromatic N) is 3. The molecule has 3 aromatic rings. The van der Waals surface area contributed by atoms with Gasteiger partial charge in [0.05, 0.1) is 5.69 Å². The molecule has 1 aromatic carbocycles. The number of aromatic nitrogens is 3. The fourth-order valence-electron chi connectivity index (χ4n) is 2.72. The highest BCUT2D eigenvalue weighted by atomic mass is 16.1. The lowest BCUT2D eigenvalue weighted by molar-refractivity contribution is -0.117. The van der Waals surface area contributed by atoms with Gasteiger partial charge in [-0.3, -0.25) is 9.36 Å². The quantitative estimate of drug-likeness (QED) is 0.280. The number of amides is 1. The Balaban J connectivity index is 0.00000145. The van der Waals surface area contributed by atoms with E-state index >= 15 is 0 Å². The summed E-state index contributed by atoms with van der Waals surface area (Å²) in [5.74, 6) is -0.589. The maximum Gasteiger partial charge on any atom is 0.354 e. The number of nitrogens with one attached hydrogen (secondary N) is 2. The van der Waals surface area contributed by atoms with Crippen molar-refractivity contribution in [2.45, 2.75) is 33.7 Å². The minimum Gasteiger partial charge on any atom is -0.370 e. The molecule has 0 bridgehead atoms. The summed E-state index contributed by atoms with van der Waals surface area (Å²) in [5.41, 5.74) is 13.3. The summed E-state index contributed by atoms with van der Waals surface area (Å²) in [7, 11) is 0. The van der Waals surface area contributed by atoms with Crippen LogP contribution in [0.25, 0.3) is 16.7 Å². The highest BCUT2D eigenvalue weighted by molar-refractivity contribution is 5.91. The molecule has 0 aliphatic heterocycles. The Bertz CT molecular complexity index is 1040. The van der Waals surface area contributed by atoms with Crippen molar-refractivity contribution in [2.24, 2.45) is 16.5 Å². The van der Waals surface area contributed by atoms with E-state index in [0.29, 0.717) is 18.7 Å². The molecule has 0 unspecified atom stereocenters. The average Bonchev–Trinajstić information content (AvgIpc) is 3.05. The zero-order valence-corrected chi connectivity index (χ0v) is 16.9. The number of nitrogens with two attached hydrogens (primary N) is 2. The van der Waals surface area contributed by atoms with Gasteiger partial charge in [0.25, 0.3) is 0 Å². The zero-order valence-electron chi connectivity index (χ0n) is 16.9. The molecule has 29 heavy (non-hydrogen) atoms. The first-order chi connectivity index (χ1) is 13.9. The van der Waals surface area contributed by atoms with Crippen molar-refractivity contribution in [2.75, 3.05) is 6.54 Å². The van der Waals surface area contributed by atoms with Gasteiger partial charge in [0, 0.05) is 36.8 Å². The summed E-state index contributed by atoms with van der Waals surface area (Å²) in [4.78, 5) is 34.2. The molecule has 0 radical (unpaired) electrons. The number of aromatic amines is 1. The number of fused-ring (bicyclic) bond motifs is 1. The average molecular weight is 397 g/mol. The summed E-state index contributed by atoms with van der Waals surface area (Å²) >= 11 is 0. The molecule has 3 rings (SSSR count). The molecule has 0 saturated heterocycles. The Labute approximate surface area is 168 Å². The van der Waals surface area contributed by atoms with Crippen molar-refractivity contribution < 1.29 is 4.79 Å². The number of hydrogen-bond acceptors (Lipinski definition) is 4. The molecule has 0 spiro atoms. The van der Waals surface area contributed by atoms with Crippen LogP contribution in [0.4, 0.5) is 0 Å². The van der Waals surface area contributed by atoms with Gasteiger partial charge >= 0.3 is 5.69 Å². The number of rotatable bonds is 6. The number of carbonyl (C=O) groups excluding carboxylic acids is 1. The molecular weight excluding hydrogens is 370 g/mol. The molecule has 154 valence electrons. The SMILES string of the molecule is CC.Cc1cc2cn(-c3ccc(CNCCC(=O)N=C(N)N)cc3)c(=O)nc2[nH]1. The van der Waals surface area contributed by atoms with Gasteiger partial charge in [-0.05, 0) is 30.7 Å². The van der Waals surface area contributed by atoms with E-state index in [1.165, 1.54) is 4.57 Å². The topological polar surface area (TPSA) is 144 Å². The van der Waals surface area contributed by atoms with Crippen LogP contribution in [-0.2, 0) is 11.3 Å². The fraction of sp³-hybridized carbons (Fsp3) is 0.300. The third-order valence-corrected chi connectivity index (χ3v) is 3.96. The minimum absolute atomic E-state index is 0.215. The molecule has 6 N–H and O–H groups in total. The van der Waals surface area contributed by atoms with Gasteiger partial charge < -0.3 is 21.8 Å². The predicted octanol–water partition coefficient (Wildman–Crippen LogP) is 1.33. The Kier molecular flexibility index (Phi) is 7.67. The molecule has 1 amide bonds. The lowest BCUT2D eigenvalue weighted by Gasteiger charge is -2.07. The van der Waals surface area contributed by atoms with Crippen molar-refractivity contribution in [3.8, 4) is 5.69 Å². The summed E-state index contributed by atoms with van der Waals surface area (Å²) in [5, 5.41) is 4.02. The highest BCUT2D eigenvalue weighted by Crippen LogP contribution is 2.13. The zero-order chi connectivity index (χ0) is 21.4. The second kappa shape index (κ2) is 10.2. The van der Waals surface area contributed by atoms with Gasteiger partial charge in [-0.25, -0.2) is 4.79 Å². The van der Waals surface area contributed by atoms with E-state index in [1.807, 2.05) is 51.1 Å². The maximum absolute atomic E-state index is 12.2. The van der Waals surface area contributed by atoms with Gasteiger partial charge in [-0.15, -0.1) is 0 Å². The van der Waals surface area contributed by atoms with Crippen molar-refractivity contribution in [1.29, 1.82) is 0 Å². The van der Waals surface area contributed by atoms with Crippen molar-refractivity contribution in [3.05, 3.63) is 58.3 Å². The summed E-state index contributed by atoms with van der Waals surface area (Å²) < 4.78 is 1.51. The van der Waals surface area contributed by atoms with Gasteiger partial charge in [0.2, 0.25) is 5.91 Å². The first-order valence-electron chi connectivity index (χ1n) is 9.44. The third-order valence-electron chi connectivity index (χ3n) is 3.96. The molecule has 0 fully saturated rings. The first-order valence-corrected chi connectivity index (χ1v) is 9.44. The molecule has 9 nitrogen and oxygen atoms in total. The van der Waals surface area contributed by atoms with E-state index in [1.54, 1.807) is 6.20 Å². The van der Waals surface area contributed by atoms with Crippen LogP contribution in [0.2, 0.25) is 0 Å². The number of benzene rings is 1. The lowest BCUT2D eigenvalue weighted by Crippen LogP contribution is -2.25. The number of hydrogen-bond donors (Lipinski definition) is 4. The van der Waals surface area contributed by atoms with Gasteiger partial charge in [-0.1, -0.05) is 26.0 Å². The van der Waals surface area contributed by atoms with Crippen LogP contribution in [0.1, 0.15) is 31.5 Å². The molecule has 0 saturated carbocycles. The van der Waals surface area contributed by atoms with Crippen LogP contribution < -0.4 is 22.5 Å². The molecule has 2 heterocycles. The van der Waals surface area contributed by atoms with Crippen LogP contribution in [-0.4, -0.2) is 32.9 Å². The number of H-pyrrole nitrogens is 1. The second-order valence-corrected chi connectivity index (χ2v) is 6.17. The van der Waals surface area contributed by atoms with Crippen LogP contribution in [0.3, 0.4) is 0 Å². The lowest BCUT2D eigenvalue weighted by atomic mass is 10.2. The van der Waals surface area contributed by atoms with E-state index in [4.69, 9.17) is 11.5 Å². The summed E-state index contributed by atoms with van der Waals surface area (Å²) in [6.07, 6.45) is 1.99. The predicted molar refractivity (Wildman–Crippen MR) is 115 cm³/mol. The Morgan fingerprint density at radius 1 is 1.24 bits per heavy atom. The highest BCUT2D eigenvalue weighted by Gasteiger charge is 2.06. The number of carbonyl (C=O) groups is 1. The van der Waals surface area contributed by atoms with E-state index in [0.717, 1.165) is 22.3 Å². The molecule has 2 aromatic heterocycles. The molecule has 0 aliphatic carbocycles. The maximum atomic E-state index is 12.2. The summed E-state index contributed by atoms with van der Waals surface area (Å²) in [6, 6.07) is 9.49. The van der Waals surface area contributed by atoms with Gasteiger partial charge in [0.1, 0.15) is 5.65 Å². The van der Waals surface area contributed by atoms with Crippen LogP contribution >= 0.6 is 0 Å². The third kappa shape index (κ3) is 6.01. The summed E-state index contributed by atoms with van der Waals surface area (Å²) in [6.45, 7) is 6.96. The Morgan fingerprint density at radius 2 is 1.93 bits per heavy atom. The van der Waals surface area contributed by atoms with Gasteiger partial charge in [0.15, 0.2) is 5.96 Å². The number of aryl methyl sites for hydroxylation is 1. The van der Waals surface area contributed by atoms with Crippen LogP contribution in [0.5, 0.6) is 0 Å². The van der Waals surface area contributed by atoms with E-state index < -0.39 is 0 Å². The number of guanidine groups is 1.